The van der Waals surface area contributed by atoms with Crippen LogP contribution in [-0.2, 0) is 14.8 Å². The summed E-state index contributed by atoms with van der Waals surface area (Å²) in [6.45, 7) is 1.50. The summed E-state index contributed by atoms with van der Waals surface area (Å²) in [5.74, 6) is -0.507. The first-order valence-electron chi connectivity index (χ1n) is 5.23. The molecule has 1 aromatic carbocycles. The molecule has 0 aliphatic rings. The molecule has 0 fully saturated rings. The molecule has 0 saturated carbocycles. The van der Waals surface area contributed by atoms with E-state index in [4.69, 9.17) is 9.84 Å². The highest BCUT2D eigenvalue weighted by Crippen LogP contribution is 2.15. The molecule has 0 aliphatic carbocycles. The standard InChI is InChI=1S/C11H15NO5S/c1-8(7-11(13)14)12-18(15,16)10-5-3-9(17-2)4-6-10/h3-6,8,12H,7H2,1-2H3,(H,13,14). The molecule has 0 heterocycles. The van der Waals surface area contributed by atoms with E-state index in [9.17, 15) is 13.2 Å². The van der Waals surface area contributed by atoms with Crippen LogP contribution < -0.4 is 9.46 Å². The number of hydrogen-bond acceptors (Lipinski definition) is 4. The summed E-state index contributed by atoms with van der Waals surface area (Å²) in [4.78, 5) is 10.5. The van der Waals surface area contributed by atoms with Crippen LogP contribution in [0, 0.1) is 0 Å². The van der Waals surface area contributed by atoms with Gasteiger partial charge < -0.3 is 9.84 Å². The summed E-state index contributed by atoms with van der Waals surface area (Å²) in [5, 5.41) is 8.57. The molecule has 7 heteroatoms. The number of benzene rings is 1. The summed E-state index contributed by atoms with van der Waals surface area (Å²) < 4.78 is 31.0. The van der Waals surface area contributed by atoms with E-state index in [0.29, 0.717) is 5.75 Å². The SMILES string of the molecule is COc1ccc(S(=O)(=O)NC(C)CC(=O)O)cc1. The van der Waals surface area contributed by atoms with Crippen LogP contribution in [0.1, 0.15) is 13.3 Å². The Bertz CT molecular complexity index is 509. The molecule has 1 aromatic rings. The highest BCUT2D eigenvalue weighted by Gasteiger charge is 2.18. The van der Waals surface area contributed by atoms with Crippen molar-refractivity contribution in [3.63, 3.8) is 0 Å². The van der Waals surface area contributed by atoms with E-state index in [1.807, 2.05) is 0 Å². The number of sulfonamides is 1. The van der Waals surface area contributed by atoms with Crippen LogP contribution in [0.2, 0.25) is 0 Å². The number of aliphatic carboxylic acids is 1. The van der Waals surface area contributed by atoms with E-state index in [2.05, 4.69) is 4.72 Å². The molecule has 0 aliphatic heterocycles. The summed E-state index contributed by atoms with van der Waals surface area (Å²) in [6, 6.07) is 5.17. The average molecular weight is 273 g/mol. The maximum Gasteiger partial charge on any atom is 0.304 e. The molecule has 18 heavy (non-hydrogen) atoms. The van der Waals surface area contributed by atoms with Gasteiger partial charge in [-0.1, -0.05) is 0 Å². The lowest BCUT2D eigenvalue weighted by Gasteiger charge is -2.12. The van der Waals surface area contributed by atoms with Gasteiger partial charge in [0, 0.05) is 6.04 Å². The van der Waals surface area contributed by atoms with Crippen molar-refractivity contribution >= 4 is 16.0 Å². The molecule has 1 rings (SSSR count). The minimum Gasteiger partial charge on any atom is -0.497 e. The molecule has 100 valence electrons. The van der Waals surface area contributed by atoms with Gasteiger partial charge in [-0.15, -0.1) is 0 Å². The summed E-state index contributed by atoms with van der Waals surface area (Å²) in [6.07, 6.45) is -0.268. The highest BCUT2D eigenvalue weighted by molar-refractivity contribution is 7.89. The first-order valence-corrected chi connectivity index (χ1v) is 6.71. The normalized spacial score (nSPS) is 13.0. The van der Waals surface area contributed by atoms with Crippen molar-refractivity contribution in [2.24, 2.45) is 0 Å². The Labute approximate surface area is 106 Å². The Morgan fingerprint density at radius 1 is 1.39 bits per heavy atom. The van der Waals surface area contributed by atoms with E-state index in [-0.39, 0.29) is 11.3 Å². The van der Waals surface area contributed by atoms with Gasteiger partial charge in [-0.2, -0.15) is 0 Å². The third-order valence-corrected chi connectivity index (χ3v) is 3.81. The fraction of sp³-hybridized carbons (Fsp3) is 0.364. The zero-order valence-electron chi connectivity index (χ0n) is 10.1. The van der Waals surface area contributed by atoms with E-state index >= 15 is 0 Å². The lowest BCUT2D eigenvalue weighted by atomic mass is 10.3. The minimum atomic E-state index is -3.70. The van der Waals surface area contributed by atoms with Crippen LogP contribution in [0.25, 0.3) is 0 Å². The molecule has 0 saturated heterocycles. The van der Waals surface area contributed by atoms with Gasteiger partial charge in [0.05, 0.1) is 18.4 Å². The number of hydrogen-bond donors (Lipinski definition) is 2. The third kappa shape index (κ3) is 4.01. The first-order chi connectivity index (χ1) is 8.35. The Morgan fingerprint density at radius 2 is 1.94 bits per heavy atom. The third-order valence-electron chi connectivity index (χ3n) is 2.21. The molecule has 1 unspecified atom stereocenters. The molecular weight excluding hydrogens is 258 g/mol. The smallest absolute Gasteiger partial charge is 0.304 e. The van der Waals surface area contributed by atoms with Crippen molar-refractivity contribution in [2.45, 2.75) is 24.3 Å². The fourth-order valence-electron chi connectivity index (χ4n) is 1.39. The molecule has 0 spiro atoms. The number of carboxylic acids is 1. The largest absolute Gasteiger partial charge is 0.497 e. The summed E-state index contributed by atoms with van der Waals surface area (Å²) in [5.41, 5.74) is 0. The number of carbonyl (C=O) groups is 1. The second-order valence-electron chi connectivity index (χ2n) is 3.80. The van der Waals surface area contributed by atoms with Crippen molar-refractivity contribution in [3.8, 4) is 5.75 Å². The fourth-order valence-corrected chi connectivity index (χ4v) is 2.63. The monoisotopic (exact) mass is 273 g/mol. The van der Waals surface area contributed by atoms with Gasteiger partial charge in [-0.05, 0) is 31.2 Å². The quantitative estimate of drug-likeness (QED) is 0.801. The molecule has 0 radical (unpaired) electrons. The number of rotatable bonds is 6. The average Bonchev–Trinajstić information content (AvgIpc) is 2.27. The Morgan fingerprint density at radius 3 is 2.39 bits per heavy atom. The van der Waals surface area contributed by atoms with Gasteiger partial charge in [-0.25, -0.2) is 13.1 Å². The maximum atomic E-state index is 11.9. The number of ether oxygens (including phenoxy) is 1. The minimum absolute atomic E-state index is 0.0699. The van der Waals surface area contributed by atoms with E-state index in [0.717, 1.165) is 0 Å². The maximum absolute atomic E-state index is 11.9. The van der Waals surface area contributed by atoms with E-state index < -0.39 is 22.0 Å². The topological polar surface area (TPSA) is 92.7 Å². The van der Waals surface area contributed by atoms with Crippen molar-refractivity contribution in [1.82, 2.24) is 4.72 Å². The number of nitrogens with one attached hydrogen (secondary N) is 1. The second-order valence-corrected chi connectivity index (χ2v) is 5.51. The van der Waals surface area contributed by atoms with Crippen molar-refractivity contribution in [1.29, 1.82) is 0 Å². The van der Waals surface area contributed by atoms with E-state index in [1.54, 1.807) is 0 Å². The van der Waals surface area contributed by atoms with Gasteiger partial charge >= 0.3 is 5.97 Å². The summed E-state index contributed by atoms with van der Waals surface area (Å²) in [7, 11) is -2.22. The van der Waals surface area contributed by atoms with Crippen LogP contribution in [0.15, 0.2) is 29.2 Å². The predicted octanol–water partition coefficient (Wildman–Crippen LogP) is 0.837. The molecule has 0 amide bonds. The Hall–Kier alpha value is -1.60. The summed E-state index contributed by atoms with van der Waals surface area (Å²) >= 11 is 0. The van der Waals surface area contributed by atoms with Crippen molar-refractivity contribution in [2.75, 3.05) is 7.11 Å². The van der Waals surface area contributed by atoms with Gasteiger partial charge in [0.1, 0.15) is 5.75 Å². The molecule has 0 aromatic heterocycles. The molecule has 2 N–H and O–H groups in total. The second kappa shape index (κ2) is 5.83. The predicted molar refractivity (Wildman–Crippen MR) is 65.0 cm³/mol. The zero-order valence-corrected chi connectivity index (χ0v) is 10.9. The van der Waals surface area contributed by atoms with Crippen LogP contribution in [0.5, 0.6) is 5.75 Å². The number of methoxy groups -OCH3 is 1. The van der Waals surface area contributed by atoms with Crippen LogP contribution in [0.4, 0.5) is 0 Å². The van der Waals surface area contributed by atoms with Gasteiger partial charge in [0.25, 0.3) is 0 Å². The molecule has 1 atom stereocenters. The van der Waals surface area contributed by atoms with E-state index in [1.165, 1.54) is 38.3 Å². The van der Waals surface area contributed by atoms with Gasteiger partial charge in [0.15, 0.2) is 0 Å². The first kappa shape index (κ1) is 14.5. The Kier molecular flexibility index (Phi) is 4.69. The molecule has 6 nitrogen and oxygen atoms in total. The highest BCUT2D eigenvalue weighted by atomic mass is 32.2. The zero-order chi connectivity index (χ0) is 13.8. The van der Waals surface area contributed by atoms with Crippen LogP contribution in [-0.4, -0.2) is 32.6 Å². The number of carboxylic acid groups (broad SMARTS) is 1. The Balaban J connectivity index is 2.82. The van der Waals surface area contributed by atoms with Gasteiger partial charge in [-0.3, -0.25) is 4.79 Å². The van der Waals surface area contributed by atoms with Crippen molar-refractivity contribution < 1.29 is 23.1 Å². The lowest BCUT2D eigenvalue weighted by molar-refractivity contribution is -0.137. The van der Waals surface area contributed by atoms with Crippen LogP contribution in [0.3, 0.4) is 0 Å². The molecule has 0 bridgehead atoms. The van der Waals surface area contributed by atoms with Crippen LogP contribution >= 0.6 is 0 Å². The lowest BCUT2D eigenvalue weighted by Crippen LogP contribution is -2.34. The molecular formula is C11H15NO5S. The van der Waals surface area contributed by atoms with Crippen molar-refractivity contribution in [3.05, 3.63) is 24.3 Å². The van der Waals surface area contributed by atoms with Gasteiger partial charge in [0.2, 0.25) is 10.0 Å².